The zero-order chi connectivity index (χ0) is 30.2. The number of halogens is 3. The third kappa shape index (κ3) is 9.16. The van der Waals surface area contributed by atoms with Gasteiger partial charge in [0.25, 0.3) is 11.8 Å². The van der Waals surface area contributed by atoms with E-state index in [2.05, 4.69) is 15.4 Å². The summed E-state index contributed by atoms with van der Waals surface area (Å²) in [5.41, 5.74) is 4.60. The van der Waals surface area contributed by atoms with E-state index in [1.165, 1.54) is 34.1 Å². The summed E-state index contributed by atoms with van der Waals surface area (Å²) in [7, 11) is 8.49. The van der Waals surface area contributed by atoms with Crippen LogP contribution < -0.4 is 15.4 Å². The number of nitrogens with zero attached hydrogens (tertiary/aromatic N) is 2. The van der Waals surface area contributed by atoms with Crippen molar-refractivity contribution >= 4 is 23.2 Å². The van der Waals surface area contributed by atoms with E-state index in [0.29, 0.717) is 34.6 Å². The van der Waals surface area contributed by atoms with Crippen LogP contribution in [0.4, 0.5) is 18.9 Å². The number of hydrogen-bond acceptors (Lipinski definition) is 5. The average Bonchev–Trinajstić information content (AvgIpc) is 2.93. The maximum atomic E-state index is 12.6. The highest BCUT2D eigenvalue weighted by atomic mass is 19.4. The van der Waals surface area contributed by atoms with Crippen molar-refractivity contribution in [1.29, 1.82) is 0 Å². The fourth-order valence-corrected chi connectivity index (χ4v) is 3.90. The Morgan fingerprint density at radius 3 is 1.95 bits per heavy atom. The fraction of sp³-hybridized carbons (Fsp3) is 0.226. The Balaban J connectivity index is 1.98. The van der Waals surface area contributed by atoms with E-state index >= 15 is 0 Å². The van der Waals surface area contributed by atoms with Gasteiger partial charge in [-0.05, 0) is 72.2 Å². The number of nitrogens with one attached hydrogen (secondary N) is 2. The number of hydrogen-bond donors (Lipinski definition) is 2. The summed E-state index contributed by atoms with van der Waals surface area (Å²) >= 11 is 0. The van der Waals surface area contributed by atoms with Crippen LogP contribution >= 0.6 is 0 Å². The maximum Gasteiger partial charge on any atom is 0.573 e. The summed E-state index contributed by atoms with van der Waals surface area (Å²) < 4.78 is 41.8. The number of allylic oxidation sites excluding steroid dienone is 2. The molecule has 3 rings (SSSR count). The molecule has 0 aliphatic carbocycles. The topological polar surface area (TPSA) is 73.9 Å². The van der Waals surface area contributed by atoms with E-state index in [1.807, 2.05) is 36.4 Å². The highest BCUT2D eigenvalue weighted by Gasteiger charge is 2.31. The monoisotopic (exact) mass is 566 g/mol. The molecular formula is C31H33F3N4O3. The molecule has 2 amide bonds. The molecule has 2 N–H and O–H groups in total. The third-order valence-electron chi connectivity index (χ3n) is 5.91. The smallest absolute Gasteiger partial charge is 0.406 e. The second kappa shape index (κ2) is 13.6. The van der Waals surface area contributed by atoms with Crippen molar-refractivity contribution in [2.45, 2.75) is 12.8 Å². The van der Waals surface area contributed by atoms with Gasteiger partial charge < -0.3 is 25.2 Å². The first-order chi connectivity index (χ1) is 19.4. The Morgan fingerprint density at radius 2 is 1.39 bits per heavy atom. The summed E-state index contributed by atoms with van der Waals surface area (Å²) in [6.45, 7) is 0. The van der Waals surface area contributed by atoms with Crippen molar-refractivity contribution in [3.05, 3.63) is 113 Å². The lowest BCUT2D eigenvalue weighted by Gasteiger charge is -2.15. The van der Waals surface area contributed by atoms with Gasteiger partial charge in [0.15, 0.2) is 0 Å². The minimum Gasteiger partial charge on any atom is -0.406 e. The molecule has 0 spiro atoms. The molecule has 0 aliphatic rings. The molecule has 0 aliphatic heterocycles. The van der Waals surface area contributed by atoms with Crippen LogP contribution in [-0.4, -0.2) is 63.2 Å². The quantitative estimate of drug-likeness (QED) is 0.304. The standard InChI is InChI=1S/C31H33F3N4O3/c1-35-28(22-9-7-11-24(19-22)30(40)38(4)5)20-26(36-25-14-16-27(17-15-25)41-31(32,33)34)13-12-21-8-6-10-23(18-21)29(39)37(2)3/h6-11,13-20,35-36H,12H2,1-5H3/b26-13+,28-20-. The molecule has 3 aromatic carbocycles. The van der Waals surface area contributed by atoms with Crippen LogP contribution in [0.1, 0.15) is 31.8 Å². The number of anilines is 1. The van der Waals surface area contributed by atoms with E-state index in [1.54, 1.807) is 59.5 Å². The number of carbonyl (C=O) groups excluding carboxylic acids is 2. The highest BCUT2D eigenvalue weighted by Crippen LogP contribution is 2.25. The van der Waals surface area contributed by atoms with Crippen molar-refractivity contribution in [3.8, 4) is 5.75 Å². The van der Waals surface area contributed by atoms with E-state index < -0.39 is 6.36 Å². The minimum atomic E-state index is -4.78. The second-order valence-corrected chi connectivity index (χ2v) is 9.55. The molecule has 10 heteroatoms. The largest absolute Gasteiger partial charge is 0.573 e. The number of rotatable bonds is 10. The van der Waals surface area contributed by atoms with Gasteiger partial charge in [-0.15, -0.1) is 13.2 Å². The van der Waals surface area contributed by atoms with Crippen molar-refractivity contribution < 1.29 is 27.5 Å². The molecule has 0 atom stereocenters. The molecule has 41 heavy (non-hydrogen) atoms. The lowest BCUT2D eigenvalue weighted by Crippen LogP contribution is -2.21. The molecule has 7 nitrogen and oxygen atoms in total. The molecule has 0 saturated heterocycles. The number of alkyl halides is 3. The second-order valence-electron chi connectivity index (χ2n) is 9.55. The third-order valence-corrected chi connectivity index (χ3v) is 5.91. The van der Waals surface area contributed by atoms with Gasteiger partial charge in [-0.1, -0.05) is 30.3 Å². The highest BCUT2D eigenvalue weighted by molar-refractivity contribution is 5.95. The van der Waals surface area contributed by atoms with Crippen molar-refractivity contribution in [1.82, 2.24) is 15.1 Å². The molecule has 3 aromatic rings. The summed E-state index contributed by atoms with van der Waals surface area (Å²) in [5.74, 6) is -0.575. The van der Waals surface area contributed by atoms with E-state index in [4.69, 9.17) is 0 Å². The number of ether oxygens (including phenoxy) is 1. The van der Waals surface area contributed by atoms with Gasteiger partial charge in [0.1, 0.15) is 5.75 Å². The predicted molar refractivity (Wildman–Crippen MR) is 154 cm³/mol. The number of amides is 2. The van der Waals surface area contributed by atoms with Gasteiger partial charge in [0.05, 0.1) is 0 Å². The molecule has 0 bridgehead atoms. The Morgan fingerprint density at radius 1 is 0.829 bits per heavy atom. The van der Waals surface area contributed by atoms with Gasteiger partial charge >= 0.3 is 6.36 Å². The number of carbonyl (C=O) groups is 2. The summed E-state index contributed by atoms with van der Waals surface area (Å²) in [4.78, 5) is 27.9. The Bertz CT molecular complexity index is 1430. The van der Waals surface area contributed by atoms with Crippen LogP contribution in [0.2, 0.25) is 0 Å². The van der Waals surface area contributed by atoms with Crippen LogP contribution in [-0.2, 0) is 6.42 Å². The van der Waals surface area contributed by atoms with Crippen LogP contribution in [0.3, 0.4) is 0 Å². The zero-order valence-electron chi connectivity index (χ0n) is 23.5. The van der Waals surface area contributed by atoms with Crippen LogP contribution in [0.25, 0.3) is 5.70 Å². The average molecular weight is 567 g/mol. The zero-order valence-corrected chi connectivity index (χ0v) is 23.5. The van der Waals surface area contributed by atoms with Crippen molar-refractivity contribution in [2.24, 2.45) is 0 Å². The number of benzene rings is 3. The van der Waals surface area contributed by atoms with Crippen molar-refractivity contribution in [2.75, 3.05) is 40.6 Å². The summed E-state index contributed by atoms with van der Waals surface area (Å²) in [6.07, 6.45) is -0.575. The van der Waals surface area contributed by atoms with Gasteiger partial charge in [-0.25, -0.2) is 0 Å². The van der Waals surface area contributed by atoms with Crippen molar-refractivity contribution in [3.63, 3.8) is 0 Å². The predicted octanol–water partition coefficient (Wildman–Crippen LogP) is 5.79. The Hall–Kier alpha value is -4.73. The SMILES string of the molecule is CN/C(=C\C(=C/Cc1cccc(C(=O)N(C)C)c1)Nc1ccc(OC(F)(F)F)cc1)c1cccc(C(=O)N(C)C)c1. The first-order valence-corrected chi connectivity index (χ1v) is 12.7. The molecule has 0 unspecified atom stereocenters. The first kappa shape index (κ1) is 30.8. The Labute approximate surface area is 237 Å². The van der Waals surface area contributed by atoms with Gasteiger partial charge in [0, 0.05) is 63.4 Å². The molecule has 0 saturated carbocycles. The normalized spacial score (nSPS) is 12.0. The molecule has 0 fully saturated rings. The van der Waals surface area contributed by atoms with Gasteiger partial charge in [-0.3, -0.25) is 9.59 Å². The molecule has 216 valence electrons. The summed E-state index contributed by atoms with van der Waals surface area (Å²) in [5, 5.41) is 6.40. The van der Waals surface area contributed by atoms with E-state index in [9.17, 15) is 22.8 Å². The molecule has 0 aromatic heterocycles. The lowest BCUT2D eigenvalue weighted by molar-refractivity contribution is -0.274. The molecule has 0 radical (unpaired) electrons. The summed E-state index contributed by atoms with van der Waals surface area (Å²) in [6, 6.07) is 19.9. The van der Waals surface area contributed by atoms with Gasteiger partial charge in [-0.2, -0.15) is 0 Å². The van der Waals surface area contributed by atoms with Crippen LogP contribution in [0.5, 0.6) is 5.75 Å². The van der Waals surface area contributed by atoms with Crippen LogP contribution in [0, 0.1) is 0 Å². The van der Waals surface area contributed by atoms with E-state index in [0.717, 1.165) is 11.1 Å². The first-order valence-electron chi connectivity index (χ1n) is 12.7. The lowest BCUT2D eigenvalue weighted by atomic mass is 10.0. The minimum absolute atomic E-state index is 0.111. The maximum absolute atomic E-state index is 12.6. The Kier molecular flexibility index (Phi) is 10.2. The van der Waals surface area contributed by atoms with Crippen LogP contribution in [0.15, 0.2) is 90.6 Å². The van der Waals surface area contributed by atoms with Gasteiger partial charge in [0.2, 0.25) is 0 Å². The molecular weight excluding hydrogens is 533 g/mol. The fourth-order valence-electron chi connectivity index (χ4n) is 3.90. The van der Waals surface area contributed by atoms with E-state index in [-0.39, 0.29) is 17.6 Å². The molecule has 0 heterocycles.